The van der Waals surface area contributed by atoms with Crippen LogP contribution in [-0.2, 0) is 27.5 Å². The number of para-hydroxylation sites is 1. The number of hydrogen-bond donors (Lipinski definition) is 0. The van der Waals surface area contributed by atoms with Gasteiger partial charge in [-0.1, -0.05) is 25.1 Å². The zero-order chi connectivity index (χ0) is 20.6. The molecule has 0 aliphatic heterocycles. The van der Waals surface area contributed by atoms with Crippen LogP contribution in [0.3, 0.4) is 0 Å². The number of amides is 1. The molecule has 9 nitrogen and oxygen atoms in total. The summed E-state index contributed by atoms with van der Waals surface area (Å²) in [5.41, 5.74) is 1.29. The van der Waals surface area contributed by atoms with E-state index in [0.29, 0.717) is 23.2 Å². The summed E-state index contributed by atoms with van der Waals surface area (Å²) in [6.45, 7) is 4.14. The fraction of sp³-hybridized carbons (Fsp3) is 0.263. The highest BCUT2D eigenvalue weighted by Crippen LogP contribution is 2.28. The lowest BCUT2D eigenvalue weighted by molar-refractivity contribution is -0.139. The van der Waals surface area contributed by atoms with Gasteiger partial charge in [0.25, 0.3) is 0 Å². The Balaban J connectivity index is 1.63. The lowest BCUT2D eigenvalue weighted by atomic mass is 10.3. The molecule has 10 heteroatoms. The molecule has 29 heavy (non-hydrogen) atoms. The fourth-order valence-electron chi connectivity index (χ4n) is 2.51. The molecule has 0 spiro atoms. The molecule has 1 amide bonds. The molecule has 0 bridgehead atoms. The van der Waals surface area contributed by atoms with Gasteiger partial charge in [-0.05, 0) is 35.1 Å². The van der Waals surface area contributed by atoms with Crippen LogP contribution in [-0.4, -0.2) is 37.1 Å². The maximum atomic E-state index is 12.1. The Morgan fingerprint density at radius 2 is 2.07 bits per heavy atom. The van der Waals surface area contributed by atoms with Gasteiger partial charge in [0.15, 0.2) is 17.6 Å². The van der Waals surface area contributed by atoms with Crippen LogP contribution in [0.2, 0.25) is 0 Å². The van der Waals surface area contributed by atoms with Crippen molar-refractivity contribution in [2.75, 3.05) is 4.90 Å². The summed E-state index contributed by atoms with van der Waals surface area (Å²) in [5.74, 6) is -0.188. The maximum Gasteiger partial charge on any atom is 0.331 e. The summed E-state index contributed by atoms with van der Waals surface area (Å²) in [4.78, 5) is 30.0. The number of aromatic nitrogens is 5. The van der Waals surface area contributed by atoms with E-state index in [0.717, 1.165) is 12.1 Å². The number of rotatable bonds is 8. The van der Waals surface area contributed by atoms with Gasteiger partial charge in [-0.2, -0.15) is 0 Å². The first-order valence-corrected chi connectivity index (χ1v) is 9.87. The maximum absolute atomic E-state index is 12.1. The lowest BCUT2D eigenvalue weighted by Gasteiger charge is -2.17. The number of ether oxygens (including phenoxy) is 1. The molecule has 150 valence electrons. The van der Waals surface area contributed by atoms with Crippen molar-refractivity contribution in [2.24, 2.45) is 0 Å². The Morgan fingerprint density at radius 1 is 1.28 bits per heavy atom. The molecule has 3 aromatic rings. The normalized spacial score (nSPS) is 11.0. The molecule has 0 N–H and O–H groups in total. The SMILES string of the molecule is CCCn1nnnc1COC(=O)/C=C/c1csc(N(C(C)=O)c2ccccc2)n1. The minimum absolute atomic E-state index is 0.00932. The van der Waals surface area contributed by atoms with E-state index in [1.54, 1.807) is 16.1 Å². The van der Waals surface area contributed by atoms with Crippen molar-refractivity contribution in [3.63, 3.8) is 0 Å². The standard InChI is InChI=1S/C19H20N6O3S/c1-3-11-24-17(21-22-23-24)12-28-18(27)10-9-15-13-29-19(20-15)25(14(2)26)16-7-5-4-6-8-16/h4-10,13H,3,11-12H2,1-2H3/b10-9+. The van der Waals surface area contributed by atoms with Crippen molar-refractivity contribution in [2.45, 2.75) is 33.4 Å². The molecule has 0 atom stereocenters. The van der Waals surface area contributed by atoms with Crippen molar-refractivity contribution < 1.29 is 14.3 Å². The third-order valence-electron chi connectivity index (χ3n) is 3.81. The van der Waals surface area contributed by atoms with Crippen molar-refractivity contribution in [1.29, 1.82) is 0 Å². The van der Waals surface area contributed by atoms with E-state index in [4.69, 9.17) is 4.74 Å². The zero-order valence-electron chi connectivity index (χ0n) is 16.1. The number of benzene rings is 1. The lowest BCUT2D eigenvalue weighted by Crippen LogP contribution is -2.22. The van der Waals surface area contributed by atoms with Crippen molar-refractivity contribution >= 4 is 40.1 Å². The number of nitrogens with zero attached hydrogens (tertiary/aromatic N) is 6. The van der Waals surface area contributed by atoms with E-state index in [9.17, 15) is 9.59 Å². The topological polar surface area (TPSA) is 103 Å². The average Bonchev–Trinajstić information content (AvgIpc) is 3.35. The van der Waals surface area contributed by atoms with Crippen LogP contribution in [0.5, 0.6) is 0 Å². The molecule has 1 aromatic carbocycles. The Bertz CT molecular complexity index is 998. The summed E-state index contributed by atoms with van der Waals surface area (Å²) in [7, 11) is 0. The zero-order valence-corrected chi connectivity index (χ0v) is 16.9. The molecular formula is C19H20N6O3S. The van der Waals surface area contributed by atoms with Crippen LogP contribution >= 0.6 is 11.3 Å². The van der Waals surface area contributed by atoms with E-state index in [-0.39, 0.29) is 12.5 Å². The van der Waals surface area contributed by atoms with Crippen LogP contribution in [0, 0.1) is 0 Å². The smallest absolute Gasteiger partial charge is 0.331 e. The molecule has 2 heterocycles. The summed E-state index contributed by atoms with van der Waals surface area (Å²) >= 11 is 1.31. The fourth-order valence-corrected chi connectivity index (χ4v) is 3.36. The summed E-state index contributed by atoms with van der Waals surface area (Å²) in [6.07, 6.45) is 3.70. The highest BCUT2D eigenvalue weighted by atomic mass is 32.1. The number of carbonyl (C=O) groups is 2. The monoisotopic (exact) mass is 412 g/mol. The number of thiazole rings is 1. The highest BCUT2D eigenvalue weighted by molar-refractivity contribution is 7.14. The molecule has 0 saturated carbocycles. The van der Waals surface area contributed by atoms with E-state index < -0.39 is 5.97 Å². The number of tetrazole rings is 1. The quantitative estimate of drug-likeness (QED) is 0.414. The number of hydrogen-bond acceptors (Lipinski definition) is 8. The minimum atomic E-state index is -0.530. The van der Waals surface area contributed by atoms with Gasteiger partial charge in [-0.3, -0.25) is 9.69 Å². The molecule has 0 saturated heterocycles. The van der Waals surface area contributed by atoms with Crippen LogP contribution < -0.4 is 4.90 Å². The van der Waals surface area contributed by atoms with Crippen LogP contribution in [0.15, 0.2) is 41.8 Å². The van der Waals surface area contributed by atoms with Crippen molar-refractivity contribution in [3.05, 3.63) is 53.3 Å². The summed E-state index contributed by atoms with van der Waals surface area (Å²) < 4.78 is 6.78. The van der Waals surface area contributed by atoms with Gasteiger partial charge in [-0.15, -0.1) is 16.4 Å². The summed E-state index contributed by atoms with van der Waals surface area (Å²) in [5, 5.41) is 13.6. The van der Waals surface area contributed by atoms with Gasteiger partial charge in [-0.25, -0.2) is 14.5 Å². The molecule has 2 aromatic heterocycles. The molecular weight excluding hydrogens is 392 g/mol. The molecule has 0 fully saturated rings. The van der Waals surface area contributed by atoms with Gasteiger partial charge in [0.1, 0.15) is 0 Å². The first-order chi connectivity index (χ1) is 14.1. The number of esters is 1. The van der Waals surface area contributed by atoms with Gasteiger partial charge < -0.3 is 4.74 Å². The van der Waals surface area contributed by atoms with Crippen LogP contribution in [0.1, 0.15) is 31.8 Å². The van der Waals surface area contributed by atoms with Crippen LogP contribution in [0.4, 0.5) is 10.8 Å². The predicted octanol–water partition coefficient (Wildman–Crippen LogP) is 2.98. The third-order valence-corrected chi connectivity index (χ3v) is 4.65. The third kappa shape index (κ3) is 5.32. The molecule has 3 rings (SSSR count). The summed E-state index contributed by atoms with van der Waals surface area (Å²) in [6, 6.07) is 9.26. The van der Waals surface area contributed by atoms with Gasteiger partial charge in [0, 0.05) is 24.9 Å². The van der Waals surface area contributed by atoms with E-state index in [1.165, 1.54) is 29.2 Å². The van der Waals surface area contributed by atoms with Crippen molar-refractivity contribution in [1.82, 2.24) is 25.2 Å². The number of carbonyl (C=O) groups excluding carboxylic acids is 2. The van der Waals surface area contributed by atoms with E-state index in [1.807, 2.05) is 37.3 Å². The van der Waals surface area contributed by atoms with Crippen LogP contribution in [0.25, 0.3) is 6.08 Å². The average molecular weight is 412 g/mol. The second-order valence-electron chi connectivity index (χ2n) is 6.00. The van der Waals surface area contributed by atoms with Gasteiger partial charge >= 0.3 is 5.97 Å². The largest absolute Gasteiger partial charge is 0.454 e. The Morgan fingerprint density at radius 3 is 2.79 bits per heavy atom. The first kappa shape index (κ1) is 20.3. The Kier molecular flexibility index (Phi) is 6.80. The highest BCUT2D eigenvalue weighted by Gasteiger charge is 2.17. The number of aryl methyl sites for hydroxylation is 1. The van der Waals surface area contributed by atoms with E-state index >= 15 is 0 Å². The molecule has 0 aliphatic rings. The first-order valence-electron chi connectivity index (χ1n) is 8.99. The van der Waals surface area contributed by atoms with E-state index in [2.05, 4.69) is 20.5 Å². The predicted molar refractivity (Wildman–Crippen MR) is 108 cm³/mol. The molecule has 0 unspecified atom stereocenters. The Hall–Kier alpha value is -3.40. The van der Waals surface area contributed by atoms with Gasteiger partial charge in [0.05, 0.1) is 11.4 Å². The second-order valence-corrected chi connectivity index (χ2v) is 6.84. The van der Waals surface area contributed by atoms with Crippen molar-refractivity contribution in [3.8, 4) is 0 Å². The second kappa shape index (κ2) is 9.69. The Labute approximate surface area is 171 Å². The molecule has 0 radical (unpaired) electrons. The minimum Gasteiger partial charge on any atom is -0.454 e. The number of anilines is 2. The van der Waals surface area contributed by atoms with Gasteiger partial charge in [0.2, 0.25) is 5.91 Å². The molecule has 0 aliphatic carbocycles.